The van der Waals surface area contributed by atoms with Gasteiger partial charge in [-0.3, -0.25) is 9.10 Å². The van der Waals surface area contributed by atoms with E-state index in [9.17, 15) is 13.2 Å². The van der Waals surface area contributed by atoms with Crippen LogP contribution in [0.15, 0.2) is 40.6 Å². The Kier molecular flexibility index (Phi) is 2.25. The Bertz CT molecular complexity index is 675. The number of ketones is 1. The zero-order chi connectivity index (χ0) is 12.9. The molecule has 18 heavy (non-hydrogen) atoms. The smallest absolute Gasteiger partial charge is 0.265 e. The first-order valence-corrected chi connectivity index (χ1v) is 6.97. The summed E-state index contributed by atoms with van der Waals surface area (Å²) in [7, 11) is -3.63. The molecule has 0 atom stereocenters. The summed E-state index contributed by atoms with van der Waals surface area (Å²) in [5, 5.41) is 0. The van der Waals surface area contributed by atoms with Crippen molar-refractivity contribution >= 4 is 15.8 Å². The molecule has 2 aliphatic rings. The first kappa shape index (κ1) is 11.3. The van der Waals surface area contributed by atoms with E-state index >= 15 is 0 Å². The quantitative estimate of drug-likeness (QED) is 0.705. The van der Waals surface area contributed by atoms with Crippen LogP contribution < -0.4 is 0 Å². The first-order chi connectivity index (χ1) is 8.53. The second-order valence-corrected chi connectivity index (χ2v) is 5.99. The number of allylic oxidation sites excluding steroid dienone is 2. The Labute approximate surface area is 105 Å². The van der Waals surface area contributed by atoms with Crippen molar-refractivity contribution < 1.29 is 17.9 Å². The van der Waals surface area contributed by atoms with Gasteiger partial charge in [0.2, 0.25) is 5.78 Å². The SMILES string of the molecule is CC1=C2C(=O)c3ccccc3S(=O)(=O)N2CCO1. The molecule has 6 heteroatoms. The lowest BCUT2D eigenvalue weighted by Gasteiger charge is -2.35. The summed E-state index contributed by atoms with van der Waals surface area (Å²) in [5.41, 5.74) is 0.355. The number of Topliss-reactive ketones (excluding diaryl/α,β-unsaturated/α-hetero) is 1. The van der Waals surface area contributed by atoms with Gasteiger partial charge in [-0.15, -0.1) is 0 Å². The van der Waals surface area contributed by atoms with Gasteiger partial charge in [0.05, 0.1) is 11.4 Å². The maximum Gasteiger partial charge on any atom is 0.265 e. The van der Waals surface area contributed by atoms with Gasteiger partial charge in [0, 0.05) is 5.56 Å². The average Bonchev–Trinajstić information content (AvgIpc) is 2.36. The van der Waals surface area contributed by atoms with Crippen molar-refractivity contribution in [2.45, 2.75) is 11.8 Å². The van der Waals surface area contributed by atoms with E-state index in [0.717, 1.165) is 4.31 Å². The van der Waals surface area contributed by atoms with Gasteiger partial charge in [0.15, 0.2) is 0 Å². The van der Waals surface area contributed by atoms with E-state index in [1.165, 1.54) is 12.1 Å². The molecule has 0 spiro atoms. The highest BCUT2D eigenvalue weighted by atomic mass is 32.2. The highest BCUT2D eigenvalue weighted by Crippen LogP contribution is 2.35. The molecule has 0 unspecified atom stereocenters. The summed E-state index contributed by atoms with van der Waals surface area (Å²) in [4.78, 5) is 12.4. The fourth-order valence-electron chi connectivity index (χ4n) is 2.28. The van der Waals surface area contributed by atoms with Crippen molar-refractivity contribution in [3.05, 3.63) is 41.3 Å². The highest BCUT2D eigenvalue weighted by Gasteiger charge is 2.42. The van der Waals surface area contributed by atoms with Crippen molar-refractivity contribution in [3.8, 4) is 0 Å². The topological polar surface area (TPSA) is 63.7 Å². The Morgan fingerprint density at radius 1 is 1.28 bits per heavy atom. The normalized spacial score (nSPS) is 21.2. The fraction of sp³-hybridized carbons (Fsp3) is 0.250. The summed E-state index contributed by atoms with van der Waals surface area (Å²) in [6.45, 7) is 2.06. The molecular formula is C12H11NO4S. The molecule has 0 radical (unpaired) electrons. The molecule has 94 valence electrons. The third kappa shape index (κ3) is 1.32. The maximum atomic E-state index is 12.4. The molecule has 2 aliphatic heterocycles. The average molecular weight is 265 g/mol. The number of carbonyl (C=O) groups is 1. The van der Waals surface area contributed by atoms with Crippen molar-refractivity contribution in [2.24, 2.45) is 0 Å². The van der Waals surface area contributed by atoms with Gasteiger partial charge in [-0.2, -0.15) is 0 Å². The van der Waals surface area contributed by atoms with E-state index < -0.39 is 10.0 Å². The number of sulfonamides is 1. The summed E-state index contributed by atoms with van der Waals surface area (Å²) < 4.78 is 31.3. The van der Waals surface area contributed by atoms with Gasteiger partial charge < -0.3 is 4.74 Å². The van der Waals surface area contributed by atoms with E-state index in [2.05, 4.69) is 0 Å². The molecule has 0 fully saturated rings. The van der Waals surface area contributed by atoms with Gasteiger partial charge in [-0.05, 0) is 19.1 Å². The molecule has 0 aliphatic carbocycles. The summed E-state index contributed by atoms with van der Waals surface area (Å²) in [5.74, 6) is 0.0713. The van der Waals surface area contributed by atoms with E-state index in [4.69, 9.17) is 4.74 Å². The summed E-state index contributed by atoms with van der Waals surface area (Å²) in [6.07, 6.45) is 0. The molecule has 0 N–H and O–H groups in total. The number of fused-ring (bicyclic) bond motifs is 2. The Morgan fingerprint density at radius 3 is 2.78 bits per heavy atom. The van der Waals surface area contributed by atoms with Crippen LogP contribution in [0.3, 0.4) is 0 Å². The van der Waals surface area contributed by atoms with Crippen LogP contribution in [0.2, 0.25) is 0 Å². The van der Waals surface area contributed by atoms with Gasteiger partial charge in [0.1, 0.15) is 18.1 Å². The van der Waals surface area contributed by atoms with Crippen molar-refractivity contribution in [1.82, 2.24) is 4.31 Å². The predicted molar refractivity (Wildman–Crippen MR) is 63.3 cm³/mol. The van der Waals surface area contributed by atoms with E-state index in [-0.39, 0.29) is 35.1 Å². The lowest BCUT2D eigenvalue weighted by atomic mass is 10.1. The third-order valence-electron chi connectivity index (χ3n) is 3.11. The molecule has 0 amide bonds. The van der Waals surface area contributed by atoms with Gasteiger partial charge in [0.25, 0.3) is 10.0 Å². The molecular weight excluding hydrogens is 254 g/mol. The number of ether oxygens (including phenoxy) is 1. The molecule has 5 nitrogen and oxygen atoms in total. The van der Waals surface area contributed by atoms with Crippen molar-refractivity contribution in [3.63, 3.8) is 0 Å². The van der Waals surface area contributed by atoms with E-state index in [1.807, 2.05) is 0 Å². The van der Waals surface area contributed by atoms with Crippen LogP contribution in [-0.4, -0.2) is 31.7 Å². The van der Waals surface area contributed by atoms with Crippen molar-refractivity contribution in [1.29, 1.82) is 0 Å². The zero-order valence-electron chi connectivity index (χ0n) is 9.71. The monoisotopic (exact) mass is 265 g/mol. The van der Waals surface area contributed by atoms with Crippen LogP contribution in [-0.2, 0) is 14.8 Å². The summed E-state index contributed by atoms with van der Waals surface area (Å²) >= 11 is 0. The van der Waals surface area contributed by atoms with Crippen LogP contribution in [0.1, 0.15) is 17.3 Å². The number of rotatable bonds is 0. The largest absolute Gasteiger partial charge is 0.494 e. The maximum absolute atomic E-state index is 12.4. The van der Waals surface area contributed by atoms with E-state index in [0.29, 0.717) is 5.76 Å². The Hall–Kier alpha value is -1.82. The second-order valence-electron chi connectivity index (χ2n) is 4.16. The molecule has 0 bridgehead atoms. The Morgan fingerprint density at radius 2 is 2.00 bits per heavy atom. The highest BCUT2D eigenvalue weighted by molar-refractivity contribution is 7.89. The molecule has 0 saturated carbocycles. The lowest BCUT2D eigenvalue weighted by molar-refractivity contribution is 0.0941. The number of hydrogen-bond donors (Lipinski definition) is 0. The summed E-state index contributed by atoms with van der Waals surface area (Å²) in [6, 6.07) is 6.26. The molecule has 3 rings (SSSR count). The standard InChI is InChI=1S/C12H11NO4S/c1-8-11-12(14)9-4-2-3-5-10(9)18(15,16)13(11)6-7-17-8/h2-5H,6-7H2,1H3. The number of benzene rings is 1. The van der Waals surface area contributed by atoms with Crippen LogP contribution >= 0.6 is 0 Å². The molecule has 0 saturated heterocycles. The van der Waals surface area contributed by atoms with Gasteiger partial charge >= 0.3 is 0 Å². The Balaban J connectivity index is 2.36. The molecule has 1 aromatic rings. The first-order valence-electron chi connectivity index (χ1n) is 5.53. The van der Waals surface area contributed by atoms with Crippen LogP contribution in [0.4, 0.5) is 0 Å². The van der Waals surface area contributed by atoms with Crippen LogP contribution in [0.25, 0.3) is 0 Å². The molecule has 0 aromatic heterocycles. The van der Waals surface area contributed by atoms with Gasteiger partial charge in [-0.25, -0.2) is 8.42 Å². The molecule has 1 aromatic carbocycles. The minimum absolute atomic E-state index is 0.0773. The van der Waals surface area contributed by atoms with Crippen molar-refractivity contribution in [2.75, 3.05) is 13.2 Å². The fourth-order valence-corrected chi connectivity index (χ4v) is 3.97. The number of hydrogen-bond acceptors (Lipinski definition) is 4. The minimum atomic E-state index is -3.63. The lowest BCUT2D eigenvalue weighted by Crippen LogP contribution is -2.44. The molecule has 2 heterocycles. The van der Waals surface area contributed by atoms with Gasteiger partial charge in [-0.1, -0.05) is 12.1 Å². The number of nitrogens with zero attached hydrogens (tertiary/aromatic N) is 1. The third-order valence-corrected chi connectivity index (χ3v) is 4.97. The number of carbonyl (C=O) groups excluding carboxylic acids is 1. The predicted octanol–water partition coefficient (Wildman–Crippen LogP) is 1.14. The zero-order valence-corrected chi connectivity index (χ0v) is 10.5. The minimum Gasteiger partial charge on any atom is -0.494 e. The second kappa shape index (κ2) is 3.58. The van der Waals surface area contributed by atoms with E-state index in [1.54, 1.807) is 19.1 Å². The van der Waals surface area contributed by atoms with Crippen LogP contribution in [0, 0.1) is 0 Å². The van der Waals surface area contributed by atoms with Crippen LogP contribution in [0.5, 0.6) is 0 Å².